The Balaban J connectivity index is 2.24. The topological polar surface area (TPSA) is 41.6 Å². The molecule has 1 aliphatic heterocycles. The first-order valence-corrected chi connectivity index (χ1v) is 6.20. The van der Waals surface area contributed by atoms with E-state index in [-0.39, 0.29) is 18.2 Å². The predicted octanol–water partition coefficient (Wildman–Crippen LogP) is 1.99. The molecule has 94 valence electrons. The van der Waals surface area contributed by atoms with Gasteiger partial charge >= 0.3 is 6.09 Å². The van der Waals surface area contributed by atoms with Crippen molar-refractivity contribution in [2.45, 2.75) is 58.7 Å². The van der Waals surface area contributed by atoms with Crippen molar-refractivity contribution in [3.05, 3.63) is 0 Å². The van der Waals surface area contributed by atoms with Gasteiger partial charge in [-0.1, -0.05) is 0 Å². The van der Waals surface area contributed by atoms with Gasteiger partial charge in [0.05, 0.1) is 6.10 Å². The number of nitrogens with one attached hydrogen (secondary N) is 1. The highest BCUT2D eigenvalue weighted by atomic mass is 16.6. The Bertz CT molecular complexity index is 221. The van der Waals surface area contributed by atoms with E-state index >= 15 is 0 Å². The van der Waals surface area contributed by atoms with Gasteiger partial charge in [-0.25, -0.2) is 4.79 Å². The van der Waals surface area contributed by atoms with E-state index in [0.717, 1.165) is 25.9 Å². The van der Waals surface area contributed by atoms with E-state index in [1.54, 1.807) is 0 Å². The largest absolute Gasteiger partial charge is 0.447 e. The summed E-state index contributed by atoms with van der Waals surface area (Å²) in [5.41, 5.74) is 0. The highest BCUT2D eigenvalue weighted by Gasteiger charge is 2.22. The molecule has 4 heteroatoms. The van der Waals surface area contributed by atoms with Crippen LogP contribution in [-0.4, -0.2) is 42.3 Å². The third kappa shape index (κ3) is 4.39. The molecule has 1 rings (SSSR count). The lowest BCUT2D eigenvalue weighted by molar-refractivity contribution is 0.103. The fourth-order valence-electron chi connectivity index (χ4n) is 1.97. The molecule has 1 amide bonds. The maximum Gasteiger partial charge on any atom is 0.407 e. The second-order valence-electron chi connectivity index (χ2n) is 5.00. The molecule has 0 aromatic carbocycles. The van der Waals surface area contributed by atoms with Gasteiger partial charge in [0.15, 0.2) is 0 Å². The van der Waals surface area contributed by atoms with Crippen molar-refractivity contribution < 1.29 is 9.53 Å². The van der Waals surface area contributed by atoms with Crippen molar-refractivity contribution in [2.75, 3.05) is 13.1 Å². The lowest BCUT2D eigenvalue weighted by Crippen LogP contribution is -2.47. The maximum atomic E-state index is 11.4. The van der Waals surface area contributed by atoms with Crippen molar-refractivity contribution in [1.29, 1.82) is 0 Å². The summed E-state index contributed by atoms with van der Waals surface area (Å²) in [7, 11) is 0. The number of nitrogens with zero attached hydrogens (tertiary/aromatic N) is 1. The molecule has 0 aliphatic carbocycles. The Morgan fingerprint density at radius 2 is 1.81 bits per heavy atom. The summed E-state index contributed by atoms with van der Waals surface area (Å²) in [4.78, 5) is 13.8. The summed E-state index contributed by atoms with van der Waals surface area (Å²) < 4.78 is 5.06. The zero-order valence-corrected chi connectivity index (χ0v) is 10.8. The van der Waals surface area contributed by atoms with Crippen LogP contribution in [0.5, 0.6) is 0 Å². The molecule has 0 aromatic heterocycles. The number of alkyl carbamates (subject to hydrolysis) is 1. The van der Waals surface area contributed by atoms with Gasteiger partial charge in [-0.05, 0) is 40.5 Å². The standard InChI is InChI=1S/C12H24N2O2/c1-9(2)14-7-5-11(6-8-14)13-12(15)16-10(3)4/h9-11H,5-8H2,1-4H3,(H,13,15). The normalized spacial score (nSPS) is 19.1. The van der Waals surface area contributed by atoms with Crippen LogP contribution in [0, 0.1) is 0 Å². The third-order valence-electron chi connectivity index (χ3n) is 2.92. The van der Waals surface area contributed by atoms with Gasteiger partial charge < -0.3 is 15.0 Å². The summed E-state index contributed by atoms with van der Waals surface area (Å²) in [6.07, 6.45) is 1.71. The van der Waals surface area contributed by atoms with E-state index in [1.807, 2.05) is 13.8 Å². The van der Waals surface area contributed by atoms with Crippen LogP contribution < -0.4 is 5.32 Å². The van der Waals surface area contributed by atoms with Crippen LogP contribution in [0.2, 0.25) is 0 Å². The van der Waals surface area contributed by atoms with Crippen LogP contribution in [0.25, 0.3) is 0 Å². The van der Waals surface area contributed by atoms with Crippen molar-refractivity contribution in [1.82, 2.24) is 10.2 Å². The first-order valence-electron chi connectivity index (χ1n) is 6.20. The van der Waals surface area contributed by atoms with E-state index in [4.69, 9.17) is 4.74 Å². The average Bonchev–Trinajstić information content (AvgIpc) is 2.16. The lowest BCUT2D eigenvalue weighted by Gasteiger charge is -2.34. The molecule has 0 atom stereocenters. The van der Waals surface area contributed by atoms with Crippen LogP contribution in [0.3, 0.4) is 0 Å². The highest BCUT2D eigenvalue weighted by Crippen LogP contribution is 2.13. The molecule has 0 unspecified atom stereocenters. The first-order chi connectivity index (χ1) is 7.49. The first kappa shape index (κ1) is 13.3. The van der Waals surface area contributed by atoms with Crippen molar-refractivity contribution in [2.24, 2.45) is 0 Å². The minimum Gasteiger partial charge on any atom is -0.447 e. The monoisotopic (exact) mass is 228 g/mol. The molecule has 1 fully saturated rings. The van der Waals surface area contributed by atoms with Gasteiger partial charge in [0.1, 0.15) is 0 Å². The average molecular weight is 228 g/mol. The van der Waals surface area contributed by atoms with Crippen molar-refractivity contribution in [3.63, 3.8) is 0 Å². The molecule has 16 heavy (non-hydrogen) atoms. The molecule has 0 saturated carbocycles. The Labute approximate surface area is 98.3 Å². The quantitative estimate of drug-likeness (QED) is 0.803. The number of amides is 1. The fraction of sp³-hybridized carbons (Fsp3) is 0.917. The van der Waals surface area contributed by atoms with Gasteiger partial charge in [-0.2, -0.15) is 0 Å². The summed E-state index contributed by atoms with van der Waals surface area (Å²) in [5, 5.41) is 2.92. The third-order valence-corrected chi connectivity index (χ3v) is 2.92. The minimum atomic E-state index is -0.280. The fourth-order valence-corrected chi connectivity index (χ4v) is 1.97. The zero-order valence-electron chi connectivity index (χ0n) is 10.8. The van der Waals surface area contributed by atoms with E-state index in [9.17, 15) is 4.79 Å². The summed E-state index contributed by atoms with van der Waals surface area (Å²) >= 11 is 0. The van der Waals surface area contributed by atoms with Gasteiger partial charge in [-0.3, -0.25) is 0 Å². The minimum absolute atomic E-state index is 0.0456. The molecule has 1 heterocycles. The summed E-state index contributed by atoms with van der Waals surface area (Å²) in [6, 6.07) is 0.879. The number of carbonyl (C=O) groups is 1. The zero-order chi connectivity index (χ0) is 12.1. The van der Waals surface area contributed by atoms with Gasteiger partial charge in [0.2, 0.25) is 0 Å². The number of likely N-dealkylation sites (tertiary alicyclic amines) is 1. The van der Waals surface area contributed by atoms with E-state index in [1.165, 1.54) is 0 Å². The number of carbonyl (C=O) groups excluding carboxylic acids is 1. The molecular formula is C12H24N2O2. The van der Waals surface area contributed by atoms with E-state index < -0.39 is 0 Å². The molecule has 0 bridgehead atoms. The van der Waals surface area contributed by atoms with Gasteiger partial charge in [0, 0.05) is 25.2 Å². The van der Waals surface area contributed by atoms with Crippen molar-refractivity contribution >= 4 is 6.09 Å². The Hall–Kier alpha value is -0.770. The maximum absolute atomic E-state index is 11.4. The number of rotatable bonds is 3. The smallest absolute Gasteiger partial charge is 0.407 e. The Morgan fingerprint density at radius 3 is 2.25 bits per heavy atom. The molecule has 1 N–H and O–H groups in total. The Kier molecular flexibility index (Phi) is 5.06. The van der Waals surface area contributed by atoms with Gasteiger partial charge in [-0.15, -0.1) is 0 Å². The molecule has 0 spiro atoms. The number of ether oxygens (including phenoxy) is 1. The molecule has 0 radical (unpaired) electrons. The molecular weight excluding hydrogens is 204 g/mol. The number of hydrogen-bond donors (Lipinski definition) is 1. The molecule has 1 aliphatic rings. The summed E-state index contributed by atoms with van der Waals surface area (Å²) in [5.74, 6) is 0. The lowest BCUT2D eigenvalue weighted by atomic mass is 10.0. The van der Waals surface area contributed by atoms with Crippen LogP contribution in [0.4, 0.5) is 4.79 Å². The van der Waals surface area contributed by atoms with Crippen molar-refractivity contribution in [3.8, 4) is 0 Å². The number of piperidine rings is 1. The summed E-state index contributed by atoms with van der Waals surface area (Å²) in [6.45, 7) is 10.3. The predicted molar refractivity (Wildman–Crippen MR) is 64.5 cm³/mol. The van der Waals surface area contributed by atoms with E-state index in [0.29, 0.717) is 6.04 Å². The second kappa shape index (κ2) is 6.09. The Morgan fingerprint density at radius 1 is 1.25 bits per heavy atom. The van der Waals surface area contributed by atoms with E-state index in [2.05, 4.69) is 24.1 Å². The molecule has 0 aromatic rings. The van der Waals surface area contributed by atoms with Crippen LogP contribution in [0.1, 0.15) is 40.5 Å². The molecule has 1 saturated heterocycles. The SMILES string of the molecule is CC(C)OC(=O)NC1CCN(C(C)C)CC1. The number of hydrogen-bond acceptors (Lipinski definition) is 3. The van der Waals surface area contributed by atoms with Crippen LogP contribution in [-0.2, 0) is 4.74 Å². The van der Waals surface area contributed by atoms with Gasteiger partial charge in [0.25, 0.3) is 0 Å². The highest BCUT2D eigenvalue weighted by molar-refractivity contribution is 5.67. The van der Waals surface area contributed by atoms with Crippen LogP contribution in [0.15, 0.2) is 0 Å². The van der Waals surface area contributed by atoms with Crippen LogP contribution >= 0.6 is 0 Å². The molecule has 4 nitrogen and oxygen atoms in total. The second-order valence-corrected chi connectivity index (χ2v) is 5.00.